The smallest absolute Gasteiger partial charge is 0.0544 e. The maximum absolute atomic E-state index is 2.50. The van der Waals surface area contributed by atoms with Crippen molar-refractivity contribution in [2.24, 2.45) is 0 Å². The van der Waals surface area contributed by atoms with Gasteiger partial charge in [-0.2, -0.15) is 0 Å². The summed E-state index contributed by atoms with van der Waals surface area (Å²) in [5, 5.41) is 10.3. The highest BCUT2D eigenvalue weighted by Crippen LogP contribution is 2.42. The molecule has 2 heteroatoms. The predicted molar refractivity (Wildman–Crippen MR) is 222 cm³/mol. The Morgan fingerprint density at radius 3 is 1.77 bits per heavy atom. The largest absolute Gasteiger partial charge is 0.313 e. The molecule has 0 spiro atoms. The maximum atomic E-state index is 2.50. The Morgan fingerprint density at radius 1 is 0.404 bits per heavy atom. The van der Waals surface area contributed by atoms with Crippen molar-refractivity contribution in [1.29, 1.82) is 0 Å². The lowest BCUT2D eigenvalue weighted by molar-refractivity contribution is 0.979. The van der Waals surface area contributed by atoms with Crippen LogP contribution in [0.15, 0.2) is 182 Å². The van der Waals surface area contributed by atoms with Crippen LogP contribution in [0.2, 0.25) is 0 Å². The van der Waals surface area contributed by atoms with Gasteiger partial charge >= 0.3 is 0 Å². The van der Waals surface area contributed by atoms with Crippen LogP contribution in [0.1, 0.15) is 12.8 Å². The number of rotatable bonds is 4. The molecule has 0 amide bonds. The third-order valence-electron chi connectivity index (χ3n) is 11.2. The average molecular weight is 663 g/mol. The van der Waals surface area contributed by atoms with Gasteiger partial charge in [-0.1, -0.05) is 127 Å². The minimum absolute atomic E-state index is 1.04. The number of hydrogen-bond donors (Lipinski definition) is 0. The van der Waals surface area contributed by atoms with Crippen LogP contribution in [-0.2, 0) is 0 Å². The van der Waals surface area contributed by atoms with E-state index in [2.05, 4.69) is 191 Å². The molecule has 0 saturated carbocycles. The number of fused-ring (bicyclic) bond motifs is 9. The molecule has 244 valence electrons. The van der Waals surface area contributed by atoms with E-state index < -0.39 is 0 Å². The molecule has 1 aliphatic carbocycles. The van der Waals surface area contributed by atoms with Crippen molar-refractivity contribution >= 4 is 70.9 Å². The summed E-state index contributed by atoms with van der Waals surface area (Å²) in [7, 11) is 0. The van der Waals surface area contributed by atoms with Crippen molar-refractivity contribution in [2.75, 3.05) is 0 Å². The fourth-order valence-electron chi connectivity index (χ4n) is 8.85. The van der Waals surface area contributed by atoms with Crippen LogP contribution in [-0.4, -0.2) is 9.13 Å². The Balaban J connectivity index is 1.11. The highest BCUT2D eigenvalue weighted by molar-refractivity contribution is 6.22. The number of benzene rings is 8. The van der Waals surface area contributed by atoms with E-state index in [-0.39, 0.29) is 0 Å². The van der Waals surface area contributed by atoms with Gasteiger partial charge in [0.05, 0.1) is 22.1 Å². The van der Waals surface area contributed by atoms with Crippen LogP contribution in [0, 0.1) is 0 Å². The second-order valence-electron chi connectivity index (χ2n) is 14.0. The molecule has 10 aromatic rings. The van der Waals surface area contributed by atoms with Gasteiger partial charge in [-0.3, -0.25) is 0 Å². The van der Waals surface area contributed by atoms with Crippen LogP contribution in [0.25, 0.3) is 98.8 Å². The number of para-hydroxylation sites is 2. The van der Waals surface area contributed by atoms with Crippen molar-refractivity contribution < 1.29 is 0 Å². The molecule has 2 aromatic heterocycles. The summed E-state index contributed by atoms with van der Waals surface area (Å²) in [5.41, 5.74) is 12.5. The summed E-state index contributed by atoms with van der Waals surface area (Å²) in [4.78, 5) is 0. The minimum atomic E-state index is 1.04. The molecule has 2 heterocycles. The van der Waals surface area contributed by atoms with Crippen molar-refractivity contribution in [3.05, 3.63) is 182 Å². The summed E-state index contributed by atoms with van der Waals surface area (Å²) in [5.74, 6) is 0. The molecule has 52 heavy (non-hydrogen) atoms. The van der Waals surface area contributed by atoms with Gasteiger partial charge in [0, 0.05) is 32.9 Å². The molecule has 1 aliphatic rings. The summed E-state index contributed by atoms with van der Waals surface area (Å²) >= 11 is 0. The minimum Gasteiger partial charge on any atom is -0.313 e. The maximum Gasteiger partial charge on any atom is 0.0544 e. The normalized spacial score (nSPS) is 13.3. The first kappa shape index (κ1) is 29.1. The number of hydrogen-bond acceptors (Lipinski definition) is 0. The molecule has 2 nitrogen and oxygen atoms in total. The molecule has 0 unspecified atom stereocenters. The van der Waals surface area contributed by atoms with Gasteiger partial charge in [0.1, 0.15) is 0 Å². The zero-order valence-electron chi connectivity index (χ0n) is 28.6. The van der Waals surface area contributed by atoms with E-state index in [0.717, 1.165) is 12.8 Å². The quantitative estimate of drug-likeness (QED) is 0.177. The molecule has 0 N–H and O–H groups in total. The van der Waals surface area contributed by atoms with E-state index in [0.29, 0.717) is 0 Å². The van der Waals surface area contributed by atoms with Crippen molar-refractivity contribution in [1.82, 2.24) is 9.13 Å². The second kappa shape index (κ2) is 11.4. The SMILES string of the molecule is C1=CCCC(n2c3ccc(-c4cccc5c(-c6ccc7c(c6)c6ccccc6n7-c6ccccc6)cccc45)cc3c3c4ccccc4ccc32)=C1. The first-order chi connectivity index (χ1) is 25.8. The van der Waals surface area contributed by atoms with E-state index in [1.54, 1.807) is 0 Å². The van der Waals surface area contributed by atoms with Gasteiger partial charge in [0.15, 0.2) is 0 Å². The number of allylic oxidation sites excluding steroid dienone is 4. The lowest BCUT2D eigenvalue weighted by atomic mass is 9.92. The third-order valence-corrected chi connectivity index (χ3v) is 11.2. The Morgan fingerprint density at radius 2 is 1.02 bits per heavy atom. The topological polar surface area (TPSA) is 9.86 Å². The summed E-state index contributed by atoms with van der Waals surface area (Å²) in [6.45, 7) is 0. The van der Waals surface area contributed by atoms with Crippen LogP contribution in [0.5, 0.6) is 0 Å². The summed E-state index contributed by atoms with van der Waals surface area (Å²) < 4.78 is 4.88. The van der Waals surface area contributed by atoms with E-state index in [9.17, 15) is 0 Å². The van der Waals surface area contributed by atoms with Crippen LogP contribution in [0.4, 0.5) is 0 Å². The molecule has 0 fully saturated rings. The highest BCUT2D eigenvalue weighted by atomic mass is 15.0. The first-order valence-electron chi connectivity index (χ1n) is 18.2. The fraction of sp³-hybridized carbons (Fsp3) is 0.0400. The summed E-state index contributed by atoms with van der Waals surface area (Å²) in [6, 6.07) is 60.5. The van der Waals surface area contributed by atoms with Gasteiger partial charge in [-0.15, -0.1) is 0 Å². The third kappa shape index (κ3) is 4.31. The molecule has 0 radical (unpaired) electrons. The molecule has 0 bridgehead atoms. The Kier molecular flexibility index (Phi) is 6.41. The Hall–Kier alpha value is -6.64. The van der Waals surface area contributed by atoms with Gasteiger partial charge < -0.3 is 9.13 Å². The number of nitrogens with zero attached hydrogens (tertiary/aromatic N) is 2. The van der Waals surface area contributed by atoms with Crippen molar-refractivity contribution in [3.8, 4) is 27.9 Å². The molecule has 0 saturated heterocycles. The fourth-order valence-corrected chi connectivity index (χ4v) is 8.85. The Bertz CT molecular complexity index is 3110. The zero-order chi connectivity index (χ0) is 34.2. The van der Waals surface area contributed by atoms with Crippen LogP contribution in [0.3, 0.4) is 0 Å². The number of aromatic nitrogens is 2. The van der Waals surface area contributed by atoms with E-state index >= 15 is 0 Å². The molecule has 8 aromatic carbocycles. The lowest BCUT2D eigenvalue weighted by Gasteiger charge is -2.14. The second-order valence-corrected chi connectivity index (χ2v) is 14.0. The highest BCUT2D eigenvalue weighted by Gasteiger charge is 2.19. The Labute approximate surface area is 301 Å². The standard InChI is InChI=1S/C50H34N2/c1-3-14-36(15-4-1)51-46-24-10-9-19-43(46)44-31-34(26-28-47(44)51)38-20-11-23-42-39(21-12-22-41(38)42)35-27-29-48-45(32-35)50-40-18-8-7-13-33(40)25-30-49(50)52(48)37-16-5-2-6-17-37/h1-5,7-16,18-32H,6,17H2. The van der Waals surface area contributed by atoms with Gasteiger partial charge in [-0.25, -0.2) is 0 Å². The van der Waals surface area contributed by atoms with Crippen LogP contribution >= 0.6 is 0 Å². The zero-order valence-corrected chi connectivity index (χ0v) is 28.6. The first-order valence-corrected chi connectivity index (χ1v) is 18.2. The monoisotopic (exact) mass is 662 g/mol. The van der Waals surface area contributed by atoms with Gasteiger partial charge in [0.2, 0.25) is 0 Å². The average Bonchev–Trinajstić information content (AvgIpc) is 3.73. The molecule has 11 rings (SSSR count). The molecule has 0 aliphatic heterocycles. The van der Waals surface area contributed by atoms with Crippen molar-refractivity contribution in [3.63, 3.8) is 0 Å². The van der Waals surface area contributed by atoms with Crippen molar-refractivity contribution in [2.45, 2.75) is 12.8 Å². The van der Waals surface area contributed by atoms with Gasteiger partial charge in [-0.05, 0) is 111 Å². The van der Waals surface area contributed by atoms with Gasteiger partial charge in [0.25, 0.3) is 0 Å². The van der Waals surface area contributed by atoms with E-state index in [1.807, 2.05) is 0 Å². The predicted octanol–water partition coefficient (Wildman–Crippen LogP) is 13.7. The van der Waals surface area contributed by atoms with E-state index in [4.69, 9.17) is 0 Å². The molecular formula is C50H34N2. The molecular weight excluding hydrogens is 629 g/mol. The summed E-state index contributed by atoms with van der Waals surface area (Å²) in [6.07, 6.45) is 8.86. The lowest BCUT2D eigenvalue weighted by Crippen LogP contribution is -1.98. The van der Waals surface area contributed by atoms with Crippen LogP contribution < -0.4 is 0 Å². The molecule has 0 atom stereocenters. The van der Waals surface area contributed by atoms with E-state index in [1.165, 1.54) is 98.8 Å².